The molecule has 0 unspecified atom stereocenters. The second-order valence-electron chi connectivity index (χ2n) is 5.11. The summed E-state index contributed by atoms with van der Waals surface area (Å²) >= 11 is 3.32. The number of amides is 1. The summed E-state index contributed by atoms with van der Waals surface area (Å²) in [6, 6.07) is 12.3. The molecule has 0 aliphatic rings. The number of hydrogen-bond acceptors (Lipinski definition) is 5. The van der Waals surface area contributed by atoms with E-state index < -0.39 is 10.8 Å². The number of halogens is 1. The van der Waals surface area contributed by atoms with Gasteiger partial charge in [-0.25, -0.2) is 0 Å². The van der Waals surface area contributed by atoms with Gasteiger partial charge in [-0.15, -0.1) is 6.42 Å². The Morgan fingerprint density at radius 3 is 2.81 bits per heavy atom. The maximum atomic E-state index is 12.4. The number of anilines is 1. The lowest BCUT2D eigenvalue weighted by atomic mass is 10.1. The van der Waals surface area contributed by atoms with E-state index in [4.69, 9.17) is 11.2 Å². The third kappa shape index (κ3) is 5.43. The summed E-state index contributed by atoms with van der Waals surface area (Å²) in [4.78, 5) is 22.6. The van der Waals surface area contributed by atoms with Gasteiger partial charge in [-0.2, -0.15) is 5.26 Å². The fourth-order valence-electron chi connectivity index (χ4n) is 2.08. The number of ether oxygens (including phenoxy) is 1. The topological polar surface area (TPSA) is 105 Å². The number of nitrogens with zero attached hydrogens (tertiary/aromatic N) is 2. The van der Waals surface area contributed by atoms with Crippen LogP contribution in [0.1, 0.15) is 5.56 Å². The van der Waals surface area contributed by atoms with Crippen molar-refractivity contribution < 1.29 is 14.5 Å². The highest BCUT2D eigenvalue weighted by atomic mass is 79.9. The quantitative estimate of drug-likeness (QED) is 0.248. The van der Waals surface area contributed by atoms with Crippen molar-refractivity contribution in [1.82, 2.24) is 0 Å². The van der Waals surface area contributed by atoms with Crippen molar-refractivity contribution in [1.29, 1.82) is 5.26 Å². The molecule has 8 heteroatoms. The second kappa shape index (κ2) is 9.18. The largest absolute Gasteiger partial charge is 0.480 e. The first-order valence-electron chi connectivity index (χ1n) is 7.48. The normalized spacial score (nSPS) is 10.4. The van der Waals surface area contributed by atoms with E-state index in [1.807, 2.05) is 6.07 Å². The zero-order chi connectivity index (χ0) is 19.8. The highest BCUT2D eigenvalue weighted by Gasteiger charge is 2.13. The number of hydrogen-bond donors (Lipinski definition) is 1. The standard InChI is InChI=1S/C19H12BrN3O4/c1-2-8-27-18-7-6-15(20)10-13(18)9-14(12-21)19(24)22-16-4-3-5-17(11-16)23(25)26/h1,3-7,9-11H,8H2,(H,22,24)/b14-9+. The van der Waals surface area contributed by atoms with Crippen LogP contribution in [0, 0.1) is 33.8 Å². The minimum absolute atomic E-state index is 0.0320. The van der Waals surface area contributed by atoms with Crippen LogP contribution in [0.15, 0.2) is 52.5 Å². The maximum absolute atomic E-state index is 12.4. The van der Waals surface area contributed by atoms with Crippen molar-refractivity contribution in [3.63, 3.8) is 0 Å². The van der Waals surface area contributed by atoms with Gasteiger partial charge in [-0.3, -0.25) is 14.9 Å². The molecular formula is C19H12BrN3O4. The molecule has 7 nitrogen and oxygen atoms in total. The average Bonchev–Trinajstić information content (AvgIpc) is 2.65. The molecule has 2 aromatic carbocycles. The SMILES string of the molecule is C#CCOc1ccc(Br)cc1/C=C(\C#N)C(=O)Nc1cccc([N+](=O)[O-])c1. The molecule has 2 aromatic rings. The Hall–Kier alpha value is -3.62. The molecule has 1 amide bonds. The van der Waals surface area contributed by atoms with Crippen molar-refractivity contribution in [3.8, 4) is 24.2 Å². The first-order valence-corrected chi connectivity index (χ1v) is 8.27. The highest BCUT2D eigenvalue weighted by Crippen LogP contribution is 2.26. The number of carbonyl (C=O) groups excluding carboxylic acids is 1. The van der Waals surface area contributed by atoms with Gasteiger partial charge >= 0.3 is 0 Å². The molecule has 0 fully saturated rings. The van der Waals surface area contributed by atoms with Gasteiger partial charge in [0.05, 0.1) is 4.92 Å². The van der Waals surface area contributed by atoms with Gasteiger partial charge < -0.3 is 10.1 Å². The van der Waals surface area contributed by atoms with E-state index in [0.29, 0.717) is 11.3 Å². The molecular weight excluding hydrogens is 414 g/mol. The summed E-state index contributed by atoms with van der Waals surface area (Å²) in [6.07, 6.45) is 6.54. The molecule has 0 bridgehead atoms. The Morgan fingerprint density at radius 1 is 1.37 bits per heavy atom. The number of non-ortho nitro benzene ring substituents is 1. The monoisotopic (exact) mass is 425 g/mol. The third-order valence-corrected chi connectivity index (χ3v) is 3.76. The number of nitrogens with one attached hydrogen (secondary N) is 1. The van der Waals surface area contributed by atoms with E-state index in [1.54, 1.807) is 18.2 Å². The zero-order valence-electron chi connectivity index (χ0n) is 13.8. The van der Waals surface area contributed by atoms with Crippen LogP contribution in [0.25, 0.3) is 6.08 Å². The van der Waals surface area contributed by atoms with Crippen LogP contribution >= 0.6 is 15.9 Å². The molecule has 134 valence electrons. The summed E-state index contributed by atoms with van der Waals surface area (Å²) in [7, 11) is 0. The van der Waals surface area contributed by atoms with Crippen molar-refractivity contribution in [2.75, 3.05) is 11.9 Å². The lowest BCUT2D eigenvalue weighted by Gasteiger charge is -2.08. The van der Waals surface area contributed by atoms with Crippen LogP contribution in [0.4, 0.5) is 11.4 Å². The van der Waals surface area contributed by atoms with Crippen LogP contribution in [0.2, 0.25) is 0 Å². The molecule has 1 N–H and O–H groups in total. The van der Waals surface area contributed by atoms with Crippen molar-refractivity contribution in [3.05, 3.63) is 68.2 Å². The van der Waals surface area contributed by atoms with Gasteiger partial charge in [0.15, 0.2) is 0 Å². The first kappa shape index (κ1) is 19.7. The van der Waals surface area contributed by atoms with Crippen LogP contribution in [-0.4, -0.2) is 17.4 Å². The molecule has 0 aliphatic heterocycles. The van der Waals surface area contributed by atoms with Crippen molar-refractivity contribution >= 4 is 39.3 Å². The Morgan fingerprint density at radius 2 is 2.15 bits per heavy atom. The van der Waals surface area contributed by atoms with Gasteiger partial charge in [0, 0.05) is 27.9 Å². The molecule has 2 rings (SSSR count). The number of benzene rings is 2. The molecule has 0 radical (unpaired) electrons. The maximum Gasteiger partial charge on any atom is 0.271 e. The smallest absolute Gasteiger partial charge is 0.271 e. The molecule has 0 aliphatic carbocycles. The van der Waals surface area contributed by atoms with Gasteiger partial charge in [0.1, 0.15) is 24.0 Å². The van der Waals surface area contributed by atoms with E-state index in [1.165, 1.54) is 30.3 Å². The molecule has 0 saturated heterocycles. The lowest BCUT2D eigenvalue weighted by molar-refractivity contribution is -0.384. The number of terminal acetylenes is 1. The number of nitro benzene ring substituents is 1. The predicted octanol–water partition coefficient (Wildman–Crippen LogP) is 3.91. The first-order chi connectivity index (χ1) is 12.9. The molecule has 0 atom stereocenters. The fourth-order valence-corrected chi connectivity index (χ4v) is 2.46. The van der Waals surface area contributed by atoms with Crippen molar-refractivity contribution in [2.24, 2.45) is 0 Å². The predicted molar refractivity (Wildman–Crippen MR) is 104 cm³/mol. The summed E-state index contributed by atoms with van der Waals surface area (Å²) in [6.45, 7) is 0.0320. The zero-order valence-corrected chi connectivity index (χ0v) is 15.4. The minimum Gasteiger partial charge on any atom is -0.480 e. The molecule has 27 heavy (non-hydrogen) atoms. The molecule has 0 spiro atoms. The van der Waals surface area contributed by atoms with E-state index in [9.17, 15) is 20.2 Å². The summed E-state index contributed by atoms with van der Waals surface area (Å²) in [5.74, 6) is 2.04. The number of nitro groups is 1. The summed E-state index contributed by atoms with van der Waals surface area (Å²) in [5, 5.41) is 22.6. The van der Waals surface area contributed by atoms with Gasteiger partial charge in [-0.1, -0.05) is 27.9 Å². The average molecular weight is 426 g/mol. The minimum atomic E-state index is -0.708. The van der Waals surface area contributed by atoms with Crippen LogP contribution in [0.3, 0.4) is 0 Å². The van der Waals surface area contributed by atoms with Crippen LogP contribution in [-0.2, 0) is 4.79 Å². The fraction of sp³-hybridized carbons (Fsp3) is 0.0526. The van der Waals surface area contributed by atoms with E-state index in [2.05, 4.69) is 27.2 Å². The molecule has 0 saturated carbocycles. The lowest BCUT2D eigenvalue weighted by Crippen LogP contribution is -2.13. The summed E-state index contributed by atoms with van der Waals surface area (Å²) < 4.78 is 6.13. The van der Waals surface area contributed by atoms with E-state index in [0.717, 1.165) is 4.47 Å². The highest BCUT2D eigenvalue weighted by molar-refractivity contribution is 9.10. The Kier molecular flexibility index (Phi) is 6.70. The third-order valence-electron chi connectivity index (χ3n) is 3.26. The number of nitriles is 1. The molecule has 0 aromatic heterocycles. The second-order valence-corrected chi connectivity index (χ2v) is 6.02. The van der Waals surface area contributed by atoms with E-state index in [-0.39, 0.29) is 23.6 Å². The Labute approximate surface area is 163 Å². The summed E-state index contributed by atoms with van der Waals surface area (Å²) in [5.41, 5.74) is 0.302. The Bertz CT molecular complexity index is 1000. The number of rotatable bonds is 6. The Balaban J connectivity index is 2.31. The van der Waals surface area contributed by atoms with Gasteiger partial charge in [0.25, 0.3) is 11.6 Å². The van der Waals surface area contributed by atoms with Gasteiger partial charge in [-0.05, 0) is 30.3 Å². The van der Waals surface area contributed by atoms with E-state index >= 15 is 0 Å². The molecule has 0 heterocycles. The number of carbonyl (C=O) groups is 1. The van der Waals surface area contributed by atoms with Crippen LogP contribution in [0.5, 0.6) is 5.75 Å². The van der Waals surface area contributed by atoms with Gasteiger partial charge in [0.2, 0.25) is 0 Å². The van der Waals surface area contributed by atoms with Crippen molar-refractivity contribution in [2.45, 2.75) is 0 Å². The van der Waals surface area contributed by atoms with Crippen LogP contribution < -0.4 is 10.1 Å².